The normalized spacial score (nSPS) is 18.6. The predicted octanol–water partition coefficient (Wildman–Crippen LogP) is 2.29. The first-order valence-electron chi connectivity index (χ1n) is 6.65. The van der Waals surface area contributed by atoms with Crippen molar-refractivity contribution in [2.75, 3.05) is 18.5 Å². The molecule has 0 spiro atoms. The van der Waals surface area contributed by atoms with Crippen molar-refractivity contribution in [3.05, 3.63) is 35.7 Å². The van der Waals surface area contributed by atoms with E-state index in [1.165, 1.54) is 18.2 Å². The van der Waals surface area contributed by atoms with Gasteiger partial charge in [-0.05, 0) is 37.1 Å². The van der Waals surface area contributed by atoms with E-state index in [0.717, 1.165) is 25.0 Å². The summed E-state index contributed by atoms with van der Waals surface area (Å²) in [6.07, 6.45) is 3.60. The van der Waals surface area contributed by atoms with Crippen molar-refractivity contribution in [2.45, 2.75) is 12.8 Å². The van der Waals surface area contributed by atoms with Gasteiger partial charge in [-0.1, -0.05) is 0 Å². The molecular weight excluding hydrogens is 277 g/mol. The van der Waals surface area contributed by atoms with E-state index in [1.54, 1.807) is 0 Å². The highest BCUT2D eigenvalue weighted by Crippen LogP contribution is 2.19. The van der Waals surface area contributed by atoms with Crippen LogP contribution in [0.3, 0.4) is 0 Å². The Morgan fingerprint density at radius 3 is 2.90 bits per heavy atom. The second-order valence-corrected chi connectivity index (χ2v) is 4.81. The van der Waals surface area contributed by atoms with Crippen molar-refractivity contribution >= 4 is 23.6 Å². The molecule has 6 heteroatoms. The molecule has 1 aromatic rings. The second kappa shape index (κ2) is 6.99. The zero-order chi connectivity index (χ0) is 15.2. The van der Waals surface area contributed by atoms with Crippen LogP contribution < -0.4 is 5.32 Å². The number of amides is 1. The summed E-state index contributed by atoms with van der Waals surface area (Å²) >= 11 is 0. The SMILES string of the molecule is O=C(O)/C=C/c1cc(NC(=O)C2CCCOC2)ccc1F. The van der Waals surface area contributed by atoms with Crippen molar-refractivity contribution < 1.29 is 23.8 Å². The molecule has 0 aliphatic carbocycles. The topological polar surface area (TPSA) is 75.6 Å². The summed E-state index contributed by atoms with van der Waals surface area (Å²) in [5.41, 5.74) is 0.534. The zero-order valence-corrected chi connectivity index (χ0v) is 11.3. The van der Waals surface area contributed by atoms with E-state index in [4.69, 9.17) is 9.84 Å². The lowest BCUT2D eigenvalue weighted by Gasteiger charge is -2.21. The number of ether oxygens (including phenoxy) is 1. The van der Waals surface area contributed by atoms with Gasteiger partial charge in [0.15, 0.2) is 0 Å². The molecule has 1 aliphatic heterocycles. The first kappa shape index (κ1) is 15.2. The number of carboxylic acid groups (broad SMARTS) is 1. The van der Waals surface area contributed by atoms with E-state index in [2.05, 4.69) is 5.32 Å². The quantitative estimate of drug-likeness (QED) is 0.835. The lowest BCUT2D eigenvalue weighted by Crippen LogP contribution is -2.30. The molecule has 0 aromatic heterocycles. The summed E-state index contributed by atoms with van der Waals surface area (Å²) in [5.74, 6) is -2.09. The smallest absolute Gasteiger partial charge is 0.328 e. The fourth-order valence-electron chi connectivity index (χ4n) is 2.10. The lowest BCUT2D eigenvalue weighted by atomic mass is 10.0. The van der Waals surface area contributed by atoms with Crippen molar-refractivity contribution in [1.82, 2.24) is 0 Å². The van der Waals surface area contributed by atoms with E-state index in [1.807, 2.05) is 0 Å². The first-order valence-corrected chi connectivity index (χ1v) is 6.65. The van der Waals surface area contributed by atoms with Gasteiger partial charge in [-0.3, -0.25) is 4.79 Å². The van der Waals surface area contributed by atoms with Gasteiger partial charge >= 0.3 is 5.97 Å². The van der Waals surface area contributed by atoms with Gasteiger partial charge in [-0.15, -0.1) is 0 Å². The Morgan fingerprint density at radius 2 is 2.24 bits per heavy atom. The van der Waals surface area contributed by atoms with E-state index in [-0.39, 0.29) is 17.4 Å². The van der Waals surface area contributed by atoms with Crippen LogP contribution in [0.25, 0.3) is 6.08 Å². The van der Waals surface area contributed by atoms with Gasteiger partial charge in [-0.2, -0.15) is 0 Å². The van der Waals surface area contributed by atoms with Crippen molar-refractivity contribution in [2.24, 2.45) is 5.92 Å². The molecule has 1 heterocycles. The molecule has 2 rings (SSSR count). The maximum atomic E-state index is 13.5. The second-order valence-electron chi connectivity index (χ2n) is 4.81. The largest absolute Gasteiger partial charge is 0.478 e. The first-order chi connectivity index (χ1) is 10.1. The van der Waals surface area contributed by atoms with Crippen LogP contribution in [0.2, 0.25) is 0 Å². The van der Waals surface area contributed by atoms with Gasteiger partial charge in [-0.25, -0.2) is 9.18 Å². The van der Waals surface area contributed by atoms with Gasteiger partial charge in [0.25, 0.3) is 0 Å². The lowest BCUT2D eigenvalue weighted by molar-refractivity contribution is -0.131. The zero-order valence-electron chi connectivity index (χ0n) is 11.3. The maximum absolute atomic E-state index is 13.5. The minimum Gasteiger partial charge on any atom is -0.478 e. The Kier molecular flexibility index (Phi) is 5.05. The number of hydrogen-bond acceptors (Lipinski definition) is 3. The Labute approximate surface area is 121 Å². The number of carbonyl (C=O) groups is 2. The van der Waals surface area contributed by atoms with Gasteiger partial charge in [0, 0.05) is 23.9 Å². The molecule has 0 saturated carbocycles. The Morgan fingerprint density at radius 1 is 1.43 bits per heavy atom. The molecule has 5 nitrogen and oxygen atoms in total. The van der Waals surface area contributed by atoms with E-state index < -0.39 is 11.8 Å². The summed E-state index contributed by atoms with van der Waals surface area (Å²) < 4.78 is 18.8. The van der Waals surface area contributed by atoms with Crippen molar-refractivity contribution in [3.8, 4) is 0 Å². The van der Waals surface area contributed by atoms with Crippen molar-refractivity contribution in [1.29, 1.82) is 0 Å². The van der Waals surface area contributed by atoms with E-state index in [9.17, 15) is 14.0 Å². The minimum absolute atomic E-state index is 0.107. The molecule has 1 saturated heterocycles. The number of nitrogens with one attached hydrogen (secondary N) is 1. The molecule has 0 radical (unpaired) electrons. The van der Waals surface area contributed by atoms with Crippen LogP contribution in [0.4, 0.5) is 10.1 Å². The molecule has 1 atom stereocenters. The Hall–Kier alpha value is -2.21. The third-order valence-electron chi connectivity index (χ3n) is 3.20. The molecule has 1 aromatic carbocycles. The molecule has 1 aliphatic rings. The molecule has 0 bridgehead atoms. The summed E-state index contributed by atoms with van der Waals surface area (Å²) in [6.45, 7) is 1.06. The predicted molar refractivity (Wildman–Crippen MR) is 75.2 cm³/mol. The molecule has 1 amide bonds. The van der Waals surface area contributed by atoms with Gasteiger partial charge in [0.05, 0.1) is 12.5 Å². The highest BCUT2D eigenvalue weighted by Gasteiger charge is 2.21. The number of carbonyl (C=O) groups excluding carboxylic acids is 1. The number of hydrogen-bond donors (Lipinski definition) is 2. The molecular formula is C15H16FNO4. The van der Waals surface area contributed by atoms with E-state index >= 15 is 0 Å². The average molecular weight is 293 g/mol. The van der Waals surface area contributed by atoms with Crippen LogP contribution in [-0.2, 0) is 14.3 Å². The fraction of sp³-hybridized carbons (Fsp3) is 0.333. The van der Waals surface area contributed by atoms with Crippen LogP contribution in [-0.4, -0.2) is 30.2 Å². The summed E-state index contributed by atoms with van der Waals surface area (Å²) in [6, 6.07) is 4.03. The van der Waals surface area contributed by atoms with Crippen LogP contribution in [0.1, 0.15) is 18.4 Å². The number of anilines is 1. The molecule has 1 fully saturated rings. The van der Waals surface area contributed by atoms with Crippen LogP contribution in [0.15, 0.2) is 24.3 Å². The van der Waals surface area contributed by atoms with Crippen LogP contribution in [0, 0.1) is 11.7 Å². The van der Waals surface area contributed by atoms with Gasteiger partial charge in [0.1, 0.15) is 5.82 Å². The number of rotatable bonds is 4. The third-order valence-corrected chi connectivity index (χ3v) is 3.20. The number of aliphatic carboxylic acids is 1. The molecule has 1 unspecified atom stereocenters. The molecule has 2 N–H and O–H groups in total. The highest BCUT2D eigenvalue weighted by atomic mass is 19.1. The van der Waals surface area contributed by atoms with Gasteiger partial charge in [0.2, 0.25) is 5.91 Å². The maximum Gasteiger partial charge on any atom is 0.328 e. The van der Waals surface area contributed by atoms with E-state index in [0.29, 0.717) is 18.9 Å². The number of halogens is 1. The van der Waals surface area contributed by atoms with Crippen molar-refractivity contribution in [3.63, 3.8) is 0 Å². The third kappa shape index (κ3) is 4.39. The fourth-order valence-corrected chi connectivity index (χ4v) is 2.10. The summed E-state index contributed by atoms with van der Waals surface area (Å²) in [7, 11) is 0. The number of benzene rings is 1. The standard InChI is InChI=1S/C15H16FNO4/c16-13-5-4-12(8-10(13)3-6-14(18)19)17-15(20)11-2-1-7-21-9-11/h3-6,8,11H,1-2,7,9H2,(H,17,20)(H,18,19)/b6-3+. The minimum atomic E-state index is -1.16. The van der Waals surface area contributed by atoms with Gasteiger partial charge < -0.3 is 15.2 Å². The molecule has 21 heavy (non-hydrogen) atoms. The number of carboxylic acids is 1. The highest BCUT2D eigenvalue weighted by molar-refractivity contribution is 5.93. The average Bonchev–Trinajstić information content (AvgIpc) is 2.48. The summed E-state index contributed by atoms with van der Waals surface area (Å²) in [5, 5.41) is 11.3. The molecule has 112 valence electrons. The Balaban J connectivity index is 2.07. The van der Waals surface area contributed by atoms with Crippen LogP contribution in [0.5, 0.6) is 0 Å². The Bertz CT molecular complexity index is 565. The monoisotopic (exact) mass is 293 g/mol. The van der Waals surface area contributed by atoms with Crippen LogP contribution >= 0.6 is 0 Å². The summed E-state index contributed by atoms with van der Waals surface area (Å²) in [4.78, 5) is 22.5.